The molecule has 0 spiro atoms. The zero-order valence-electron chi connectivity index (χ0n) is 8.93. The van der Waals surface area contributed by atoms with Gasteiger partial charge in [0, 0.05) is 16.5 Å². The molecule has 0 N–H and O–H groups in total. The molecule has 86 valence electrons. The summed E-state index contributed by atoms with van der Waals surface area (Å²) in [6.45, 7) is 1.67. The van der Waals surface area contributed by atoms with E-state index in [1.165, 1.54) is 24.9 Å². The Balaban J connectivity index is 2.74. The van der Waals surface area contributed by atoms with E-state index in [1.54, 1.807) is 19.1 Å². The van der Waals surface area contributed by atoms with Crippen molar-refractivity contribution in [3.63, 3.8) is 0 Å². The van der Waals surface area contributed by atoms with Crippen molar-refractivity contribution < 1.29 is 14.5 Å². The van der Waals surface area contributed by atoms with E-state index in [4.69, 9.17) is 0 Å². The van der Waals surface area contributed by atoms with E-state index in [0.29, 0.717) is 5.56 Å². The Hall–Kier alpha value is -1.56. The molecule has 0 fully saturated rings. The number of carbonyl (C=O) groups is 1. The standard InChI is InChI=1S/C10H11NO4S/c1-7-5-8(16-6-10(12)15-2)3-4-9(7)11(13)14/h3-5H,6H2,1-2H3. The van der Waals surface area contributed by atoms with Crippen LogP contribution >= 0.6 is 11.8 Å². The molecular formula is C10H11NO4S. The molecule has 0 saturated carbocycles. The smallest absolute Gasteiger partial charge is 0.315 e. The van der Waals surface area contributed by atoms with Gasteiger partial charge in [0.05, 0.1) is 17.8 Å². The van der Waals surface area contributed by atoms with E-state index in [9.17, 15) is 14.9 Å². The number of nitro benzene ring substituents is 1. The summed E-state index contributed by atoms with van der Waals surface area (Å²) in [5.41, 5.74) is 0.669. The highest BCUT2D eigenvalue weighted by Crippen LogP contribution is 2.25. The van der Waals surface area contributed by atoms with Gasteiger partial charge in [-0.3, -0.25) is 14.9 Å². The number of thioether (sulfide) groups is 1. The minimum atomic E-state index is -0.427. The van der Waals surface area contributed by atoms with Crippen LogP contribution in [0.2, 0.25) is 0 Å². The lowest BCUT2D eigenvalue weighted by Crippen LogP contribution is -2.02. The highest BCUT2D eigenvalue weighted by molar-refractivity contribution is 8.00. The van der Waals surface area contributed by atoms with Crippen molar-refractivity contribution in [3.8, 4) is 0 Å². The average molecular weight is 241 g/mol. The fourth-order valence-electron chi connectivity index (χ4n) is 1.12. The van der Waals surface area contributed by atoms with Crippen LogP contribution in [0.25, 0.3) is 0 Å². The molecule has 0 saturated heterocycles. The fourth-order valence-corrected chi connectivity index (χ4v) is 1.95. The van der Waals surface area contributed by atoms with Crippen LogP contribution in [0.3, 0.4) is 0 Å². The first-order chi connectivity index (χ1) is 7.54. The summed E-state index contributed by atoms with van der Waals surface area (Å²) in [5.74, 6) is -0.116. The maximum absolute atomic E-state index is 10.9. The second-order valence-electron chi connectivity index (χ2n) is 3.07. The fraction of sp³-hybridized carbons (Fsp3) is 0.300. The molecule has 16 heavy (non-hydrogen) atoms. The Kier molecular flexibility index (Phi) is 4.30. The predicted molar refractivity (Wildman–Crippen MR) is 60.6 cm³/mol. The number of carbonyl (C=O) groups excluding carboxylic acids is 1. The first-order valence-corrected chi connectivity index (χ1v) is 5.48. The number of hydrogen-bond donors (Lipinski definition) is 0. The van der Waals surface area contributed by atoms with Crippen LogP contribution in [0, 0.1) is 17.0 Å². The van der Waals surface area contributed by atoms with Gasteiger partial charge in [-0.2, -0.15) is 0 Å². The minimum absolute atomic E-state index is 0.0856. The first kappa shape index (κ1) is 12.5. The van der Waals surface area contributed by atoms with Gasteiger partial charge in [0.1, 0.15) is 0 Å². The zero-order chi connectivity index (χ0) is 12.1. The molecule has 0 atom stereocenters. The number of ether oxygens (including phenoxy) is 1. The van der Waals surface area contributed by atoms with Crippen LogP contribution < -0.4 is 0 Å². The number of methoxy groups -OCH3 is 1. The van der Waals surface area contributed by atoms with Crippen molar-refractivity contribution >= 4 is 23.4 Å². The van der Waals surface area contributed by atoms with Gasteiger partial charge in [-0.1, -0.05) is 0 Å². The Bertz CT molecular complexity index is 419. The molecule has 0 aliphatic carbocycles. The van der Waals surface area contributed by atoms with E-state index in [-0.39, 0.29) is 17.4 Å². The number of nitrogens with zero attached hydrogens (tertiary/aromatic N) is 1. The monoisotopic (exact) mass is 241 g/mol. The first-order valence-electron chi connectivity index (χ1n) is 4.49. The molecule has 0 bridgehead atoms. The highest BCUT2D eigenvalue weighted by atomic mass is 32.2. The van der Waals surface area contributed by atoms with Crippen molar-refractivity contribution in [3.05, 3.63) is 33.9 Å². The molecule has 0 aliphatic heterocycles. The third kappa shape index (κ3) is 3.23. The second kappa shape index (κ2) is 5.50. The molecule has 0 unspecified atom stereocenters. The molecular weight excluding hydrogens is 230 g/mol. The van der Waals surface area contributed by atoms with E-state index < -0.39 is 4.92 Å². The lowest BCUT2D eigenvalue weighted by atomic mass is 10.2. The maximum Gasteiger partial charge on any atom is 0.315 e. The van der Waals surface area contributed by atoms with Gasteiger partial charge in [0.25, 0.3) is 5.69 Å². The van der Waals surface area contributed by atoms with Gasteiger partial charge in [-0.25, -0.2) is 0 Å². The van der Waals surface area contributed by atoms with E-state index in [2.05, 4.69) is 4.74 Å². The SMILES string of the molecule is COC(=O)CSc1ccc([N+](=O)[O-])c(C)c1. The minimum Gasteiger partial charge on any atom is -0.468 e. The summed E-state index contributed by atoms with van der Waals surface area (Å²) < 4.78 is 4.50. The summed E-state index contributed by atoms with van der Waals surface area (Å²) in [6.07, 6.45) is 0. The average Bonchev–Trinajstić information content (AvgIpc) is 2.25. The summed E-state index contributed by atoms with van der Waals surface area (Å²) in [6, 6.07) is 4.75. The van der Waals surface area contributed by atoms with Crippen molar-refractivity contribution in [2.75, 3.05) is 12.9 Å². The number of nitro groups is 1. The van der Waals surface area contributed by atoms with Gasteiger partial charge in [0.15, 0.2) is 0 Å². The largest absolute Gasteiger partial charge is 0.468 e. The van der Waals surface area contributed by atoms with Crippen LogP contribution in [0.15, 0.2) is 23.1 Å². The molecule has 1 aromatic rings. The zero-order valence-corrected chi connectivity index (χ0v) is 9.74. The van der Waals surface area contributed by atoms with Crippen LogP contribution in [-0.2, 0) is 9.53 Å². The van der Waals surface area contributed by atoms with Crippen LogP contribution in [0.4, 0.5) is 5.69 Å². The number of benzene rings is 1. The van der Waals surface area contributed by atoms with E-state index in [0.717, 1.165) is 4.90 Å². The van der Waals surface area contributed by atoms with Crippen molar-refractivity contribution in [1.29, 1.82) is 0 Å². The number of aryl methyl sites for hydroxylation is 1. The maximum atomic E-state index is 10.9. The Labute approximate surface area is 96.9 Å². The summed E-state index contributed by atoms with van der Waals surface area (Å²) >= 11 is 1.29. The topological polar surface area (TPSA) is 69.4 Å². The van der Waals surface area contributed by atoms with Gasteiger partial charge < -0.3 is 4.74 Å². The Morgan fingerprint density at radius 1 is 1.56 bits per heavy atom. The van der Waals surface area contributed by atoms with Crippen molar-refractivity contribution in [2.24, 2.45) is 0 Å². The van der Waals surface area contributed by atoms with Gasteiger partial charge in [0.2, 0.25) is 0 Å². The van der Waals surface area contributed by atoms with Gasteiger partial charge >= 0.3 is 5.97 Å². The van der Waals surface area contributed by atoms with Crippen LogP contribution in [-0.4, -0.2) is 23.8 Å². The van der Waals surface area contributed by atoms with Crippen LogP contribution in [0.1, 0.15) is 5.56 Å². The molecule has 1 aromatic carbocycles. The quantitative estimate of drug-likeness (QED) is 0.349. The lowest BCUT2D eigenvalue weighted by Gasteiger charge is -2.02. The number of hydrogen-bond acceptors (Lipinski definition) is 5. The molecule has 6 heteroatoms. The van der Waals surface area contributed by atoms with E-state index in [1.807, 2.05) is 0 Å². The molecule has 0 amide bonds. The summed E-state index contributed by atoms with van der Waals surface area (Å²) in [4.78, 5) is 21.9. The van der Waals surface area contributed by atoms with Crippen molar-refractivity contribution in [1.82, 2.24) is 0 Å². The molecule has 5 nitrogen and oxygen atoms in total. The highest BCUT2D eigenvalue weighted by Gasteiger charge is 2.11. The Morgan fingerprint density at radius 2 is 2.25 bits per heavy atom. The third-order valence-corrected chi connectivity index (χ3v) is 2.92. The Morgan fingerprint density at radius 3 is 2.75 bits per heavy atom. The van der Waals surface area contributed by atoms with Gasteiger partial charge in [-0.15, -0.1) is 11.8 Å². The molecule has 0 radical (unpaired) electrons. The number of rotatable bonds is 4. The third-order valence-electron chi connectivity index (χ3n) is 1.95. The number of esters is 1. The van der Waals surface area contributed by atoms with E-state index >= 15 is 0 Å². The van der Waals surface area contributed by atoms with Crippen molar-refractivity contribution in [2.45, 2.75) is 11.8 Å². The lowest BCUT2D eigenvalue weighted by molar-refractivity contribution is -0.385. The molecule has 0 aromatic heterocycles. The molecule has 0 heterocycles. The van der Waals surface area contributed by atoms with Crippen LogP contribution in [0.5, 0.6) is 0 Å². The molecule has 1 rings (SSSR count). The summed E-state index contributed by atoms with van der Waals surface area (Å²) in [7, 11) is 1.32. The van der Waals surface area contributed by atoms with Gasteiger partial charge in [-0.05, 0) is 19.1 Å². The summed E-state index contributed by atoms with van der Waals surface area (Å²) in [5, 5.41) is 10.6. The predicted octanol–water partition coefficient (Wildman–Crippen LogP) is 2.17. The second-order valence-corrected chi connectivity index (χ2v) is 4.12. The molecule has 0 aliphatic rings. The normalized spacial score (nSPS) is 9.88.